The molecule has 1 aliphatic heterocycles. The summed E-state index contributed by atoms with van der Waals surface area (Å²) in [5.41, 5.74) is -2.07. The van der Waals surface area contributed by atoms with E-state index in [1.165, 1.54) is 0 Å². The van der Waals surface area contributed by atoms with Crippen molar-refractivity contribution in [1.29, 1.82) is 0 Å². The first-order valence-electron chi connectivity index (χ1n) is 8.69. The molecule has 10 heteroatoms. The van der Waals surface area contributed by atoms with E-state index in [1.54, 1.807) is 4.90 Å². The predicted octanol–water partition coefficient (Wildman–Crippen LogP) is 5.24. The van der Waals surface area contributed by atoms with Gasteiger partial charge in [0.15, 0.2) is 5.11 Å². The number of nitrogens with zero attached hydrogens (tertiary/aromatic N) is 2. The summed E-state index contributed by atoms with van der Waals surface area (Å²) in [6.45, 7) is 2.24. The normalized spacial score (nSPS) is 15.4. The fraction of sp³-hybridized carbons (Fsp3) is 0.316. The monoisotopic (exact) mass is 433 g/mol. The van der Waals surface area contributed by atoms with Gasteiger partial charge in [-0.15, -0.1) is 0 Å². The van der Waals surface area contributed by atoms with Gasteiger partial charge in [-0.1, -0.05) is 18.2 Å². The van der Waals surface area contributed by atoms with Gasteiger partial charge >= 0.3 is 12.4 Å². The summed E-state index contributed by atoms with van der Waals surface area (Å²) in [6, 6.07) is 11.0. The van der Waals surface area contributed by atoms with Crippen LogP contribution in [0.25, 0.3) is 0 Å². The Morgan fingerprint density at radius 2 is 1.31 bits per heavy atom. The van der Waals surface area contributed by atoms with Gasteiger partial charge in [0.2, 0.25) is 0 Å². The Bertz CT molecular complexity index is 826. The van der Waals surface area contributed by atoms with Gasteiger partial charge < -0.3 is 15.1 Å². The van der Waals surface area contributed by atoms with Crippen molar-refractivity contribution in [3.8, 4) is 0 Å². The molecular weight excluding hydrogens is 416 g/mol. The van der Waals surface area contributed by atoms with Crippen molar-refractivity contribution < 1.29 is 26.3 Å². The molecule has 3 rings (SSSR count). The van der Waals surface area contributed by atoms with Crippen molar-refractivity contribution in [3.05, 3.63) is 59.7 Å². The number of anilines is 2. The second kappa shape index (κ2) is 8.10. The molecule has 0 spiro atoms. The summed E-state index contributed by atoms with van der Waals surface area (Å²) in [5, 5.41) is 2.62. The third kappa shape index (κ3) is 5.31. The van der Waals surface area contributed by atoms with Gasteiger partial charge in [-0.2, -0.15) is 26.3 Å². The fourth-order valence-corrected chi connectivity index (χ4v) is 3.34. The van der Waals surface area contributed by atoms with Crippen LogP contribution in [0.4, 0.5) is 37.7 Å². The molecule has 1 heterocycles. The van der Waals surface area contributed by atoms with Crippen molar-refractivity contribution in [1.82, 2.24) is 4.90 Å². The first kappa shape index (κ1) is 21.2. The zero-order valence-corrected chi connectivity index (χ0v) is 15.8. The van der Waals surface area contributed by atoms with Crippen LogP contribution >= 0.6 is 12.2 Å². The quantitative estimate of drug-likeness (QED) is 0.515. The van der Waals surface area contributed by atoms with E-state index < -0.39 is 23.5 Å². The summed E-state index contributed by atoms with van der Waals surface area (Å²) in [7, 11) is 0. The molecule has 1 saturated heterocycles. The Morgan fingerprint density at radius 1 is 0.793 bits per heavy atom. The molecule has 29 heavy (non-hydrogen) atoms. The first-order valence-corrected chi connectivity index (χ1v) is 9.10. The highest BCUT2D eigenvalue weighted by atomic mass is 32.1. The second-order valence-electron chi connectivity index (χ2n) is 6.53. The third-order valence-electron chi connectivity index (χ3n) is 4.53. The van der Waals surface area contributed by atoms with Crippen molar-refractivity contribution in [3.63, 3.8) is 0 Å². The molecule has 0 amide bonds. The lowest BCUT2D eigenvalue weighted by atomic mass is 10.1. The summed E-state index contributed by atoms with van der Waals surface area (Å²) >= 11 is 5.22. The topological polar surface area (TPSA) is 18.5 Å². The van der Waals surface area contributed by atoms with Gasteiger partial charge in [-0.3, -0.25) is 0 Å². The average molecular weight is 433 g/mol. The molecule has 0 bridgehead atoms. The van der Waals surface area contributed by atoms with Crippen LogP contribution in [0.2, 0.25) is 0 Å². The van der Waals surface area contributed by atoms with Gasteiger partial charge in [0.05, 0.1) is 11.1 Å². The molecule has 1 fully saturated rings. The van der Waals surface area contributed by atoms with Gasteiger partial charge in [0.1, 0.15) is 0 Å². The van der Waals surface area contributed by atoms with Crippen LogP contribution in [-0.2, 0) is 12.4 Å². The lowest BCUT2D eigenvalue weighted by molar-refractivity contribution is -0.143. The smallest absolute Gasteiger partial charge is 0.368 e. The van der Waals surface area contributed by atoms with Crippen LogP contribution in [0.15, 0.2) is 48.5 Å². The van der Waals surface area contributed by atoms with Crippen LogP contribution in [0.5, 0.6) is 0 Å². The second-order valence-corrected chi connectivity index (χ2v) is 6.92. The number of thiocarbonyl (C=S) groups is 1. The minimum absolute atomic E-state index is 0.0881. The van der Waals surface area contributed by atoms with Crippen molar-refractivity contribution in [2.24, 2.45) is 0 Å². The molecule has 0 unspecified atom stereocenters. The lowest BCUT2D eigenvalue weighted by Gasteiger charge is -2.37. The Morgan fingerprint density at radius 3 is 1.79 bits per heavy atom. The number of rotatable bonds is 2. The number of benzene rings is 2. The van der Waals surface area contributed by atoms with E-state index >= 15 is 0 Å². The van der Waals surface area contributed by atoms with Crippen molar-refractivity contribution in [2.75, 3.05) is 36.4 Å². The highest BCUT2D eigenvalue weighted by Crippen LogP contribution is 2.37. The third-order valence-corrected chi connectivity index (χ3v) is 4.89. The lowest BCUT2D eigenvalue weighted by Crippen LogP contribution is -2.50. The van der Waals surface area contributed by atoms with Crippen molar-refractivity contribution >= 4 is 28.7 Å². The van der Waals surface area contributed by atoms with E-state index in [2.05, 4.69) is 10.2 Å². The number of hydrogen-bond acceptors (Lipinski definition) is 2. The SMILES string of the molecule is FC(F)(F)c1cc(NC(=S)N2CCN(c3ccccc3)CC2)cc(C(F)(F)F)c1. The molecule has 1 aliphatic rings. The number of nitrogens with one attached hydrogen (secondary N) is 1. The molecule has 0 aliphatic carbocycles. The first-order chi connectivity index (χ1) is 13.5. The van der Waals surface area contributed by atoms with Crippen LogP contribution in [-0.4, -0.2) is 36.2 Å². The summed E-state index contributed by atoms with van der Waals surface area (Å²) in [4.78, 5) is 3.85. The molecule has 3 nitrogen and oxygen atoms in total. The molecule has 1 N–H and O–H groups in total. The van der Waals surface area contributed by atoms with Gasteiger partial charge in [0.25, 0.3) is 0 Å². The van der Waals surface area contributed by atoms with Gasteiger partial charge in [0, 0.05) is 37.6 Å². The van der Waals surface area contributed by atoms with Crippen molar-refractivity contribution in [2.45, 2.75) is 12.4 Å². The Labute approximate surface area is 168 Å². The molecule has 2 aromatic rings. The maximum atomic E-state index is 13.0. The Hall–Kier alpha value is -2.49. The Balaban J connectivity index is 1.71. The summed E-state index contributed by atoms with van der Waals surface area (Å²) in [6.07, 6.45) is -9.80. The van der Waals surface area contributed by atoms with Crippen LogP contribution in [0.1, 0.15) is 11.1 Å². The fourth-order valence-electron chi connectivity index (χ4n) is 3.04. The van der Waals surface area contributed by atoms with Gasteiger partial charge in [-0.05, 0) is 42.5 Å². The number of piperazine rings is 1. The largest absolute Gasteiger partial charge is 0.416 e. The molecule has 0 saturated carbocycles. The van der Waals surface area contributed by atoms with Crippen LogP contribution in [0.3, 0.4) is 0 Å². The maximum Gasteiger partial charge on any atom is 0.416 e. The van der Waals surface area contributed by atoms with Gasteiger partial charge in [-0.25, -0.2) is 0 Å². The summed E-state index contributed by atoms with van der Waals surface area (Å²) < 4.78 is 77.9. The van der Waals surface area contributed by atoms with E-state index in [1.807, 2.05) is 30.3 Å². The minimum atomic E-state index is -4.90. The van der Waals surface area contributed by atoms with Crippen LogP contribution < -0.4 is 10.2 Å². The number of para-hydroxylation sites is 1. The standard InChI is InChI=1S/C19H17F6N3S/c20-18(21,22)13-10-14(19(23,24)25)12-15(11-13)26-17(29)28-8-6-27(7-9-28)16-4-2-1-3-5-16/h1-5,10-12H,6-9H2,(H,26,29). The van der Waals surface area contributed by atoms with E-state index in [9.17, 15) is 26.3 Å². The molecular formula is C19H17F6N3S. The van der Waals surface area contributed by atoms with E-state index in [0.29, 0.717) is 38.3 Å². The number of halogens is 6. The molecule has 0 radical (unpaired) electrons. The zero-order valence-electron chi connectivity index (χ0n) is 15.0. The average Bonchev–Trinajstić information content (AvgIpc) is 2.67. The number of alkyl halides is 6. The highest BCUT2D eigenvalue weighted by Gasteiger charge is 2.37. The molecule has 156 valence electrons. The molecule has 2 aromatic carbocycles. The maximum absolute atomic E-state index is 13.0. The van der Waals surface area contributed by atoms with Crippen LogP contribution in [0, 0.1) is 0 Å². The predicted molar refractivity (Wildman–Crippen MR) is 103 cm³/mol. The highest BCUT2D eigenvalue weighted by molar-refractivity contribution is 7.80. The summed E-state index contributed by atoms with van der Waals surface area (Å²) in [5.74, 6) is 0. The number of hydrogen-bond donors (Lipinski definition) is 1. The van der Waals surface area contributed by atoms with E-state index in [-0.39, 0.29) is 16.9 Å². The molecule has 0 atom stereocenters. The Kier molecular flexibility index (Phi) is 5.92. The van der Waals surface area contributed by atoms with E-state index in [4.69, 9.17) is 12.2 Å². The minimum Gasteiger partial charge on any atom is -0.368 e. The molecule has 0 aromatic heterocycles. The van der Waals surface area contributed by atoms with E-state index in [0.717, 1.165) is 5.69 Å². The zero-order chi connectivity index (χ0) is 21.2.